The van der Waals surface area contributed by atoms with E-state index in [1.54, 1.807) is 7.11 Å². The number of likely N-dealkylation sites (tertiary alicyclic amines) is 1. The number of rotatable bonds is 8. The molecule has 1 aliphatic heterocycles. The zero-order valence-electron chi connectivity index (χ0n) is 12.9. The Hall–Kier alpha value is -0.360. The minimum atomic E-state index is -0.390. The van der Waals surface area contributed by atoms with Crippen LogP contribution >= 0.6 is 12.4 Å². The molecule has 1 aliphatic rings. The van der Waals surface area contributed by atoms with Gasteiger partial charge in [0.1, 0.15) is 0 Å². The van der Waals surface area contributed by atoms with Crippen molar-refractivity contribution in [3.8, 4) is 0 Å². The molecular formula is C14H30ClN3O2. The third-order valence-corrected chi connectivity index (χ3v) is 4.15. The van der Waals surface area contributed by atoms with Gasteiger partial charge in [0.25, 0.3) is 0 Å². The molecule has 6 heteroatoms. The van der Waals surface area contributed by atoms with Crippen molar-refractivity contribution in [3.05, 3.63) is 0 Å². The predicted octanol–water partition coefficient (Wildman–Crippen LogP) is 1.01. The van der Waals surface area contributed by atoms with E-state index >= 15 is 0 Å². The number of halogens is 1. The molecule has 0 saturated carbocycles. The van der Waals surface area contributed by atoms with Gasteiger partial charge in [-0.25, -0.2) is 0 Å². The van der Waals surface area contributed by atoms with Gasteiger partial charge in [-0.05, 0) is 25.3 Å². The average Bonchev–Trinajstić information content (AvgIpc) is 2.88. The summed E-state index contributed by atoms with van der Waals surface area (Å²) in [7, 11) is 1.72. The van der Waals surface area contributed by atoms with Crippen LogP contribution in [-0.4, -0.2) is 56.2 Å². The molecule has 20 heavy (non-hydrogen) atoms. The second-order valence-corrected chi connectivity index (χ2v) is 5.48. The SMILES string of the molecule is CCC(C)C(N)C(=O)NCC1CCCN1CCOC.Cl. The molecule has 3 atom stereocenters. The number of carbonyl (C=O) groups is 1. The summed E-state index contributed by atoms with van der Waals surface area (Å²) < 4.78 is 5.11. The quantitative estimate of drug-likeness (QED) is 0.702. The molecule has 0 aromatic carbocycles. The summed E-state index contributed by atoms with van der Waals surface area (Å²) in [5.41, 5.74) is 5.93. The van der Waals surface area contributed by atoms with E-state index in [-0.39, 0.29) is 30.3 Å². The van der Waals surface area contributed by atoms with E-state index in [1.165, 1.54) is 6.42 Å². The van der Waals surface area contributed by atoms with Crippen LogP contribution in [0.3, 0.4) is 0 Å². The second kappa shape index (κ2) is 10.4. The summed E-state index contributed by atoms with van der Waals surface area (Å²) in [5.74, 6) is 0.209. The lowest BCUT2D eigenvalue weighted by molar-refractivity contribution is -0.123. The number of nitrogens with zero attached hydrogens (tertiary/aromatic N) is 1. The molecule has 0 aromatic heterocycles. The Bertz CT molecular complexity index is 279. The monoisotopic (exact) mass is 307 g/mol. The molecule has 0 bridgehead atoms. The molecule has 1 amide bonds. The first-order valence-corrected chi connectivity index (χ1v) is 7.36. The predicted molar refractivity (Wildman–Crippen MR) is 84.2 cm³/mol. The van der Waals surface area contributed by atoms with Crippen LogP contribution in [0.4, 0.5) is 0 Å². The molecule has 1 heterocycles. The van der Waals surface area contributed by atoms with Gasteiger partial charge in [-0.2, -0.15) is 0 Å². The zero-order chi connectivity index (χ0) is 14.3. The van der Waals surface area contributed by atoms with Crippen molar-refractivity contribution >= 4 is 18.3 Å². The maximum absolute atomic E-state index is 11.9. The van der Waals surface area contributed by atoms with Gasteiger partial charge in [-0.3, -0.25) is 9.69 Å². The first-order chi connectivity index (χ1) is 9.10. The van der Waals surface area contributed by atoms with Gasteiger partial charge in [0.2, 0.25) is 5.91 Å². The smallest absolute Gasteiger partial charge is 0.237 e. The lowest BCUT2D eigenvalue weighted by Gasteiger charge is -2.25. The summed E-state index contributed by atoms with van der Waals surface area (Å²) in [5, 5.41) is 3.00. The minimum absolute atomic E-state index is 0. The van der Waals surface area contributed by atoms with Crippen molar-refractivity contribution in [2.24, 2.45) is 11.7 Å². The molecule has 1 saturated heterocycles. The highest BCUT2D eigenvalue weighted by molar-refractivity contribution is 5.85. The molecule has 0 spiro atoms. The summed E-state index contributed by atoms with van der Waals surface area (Å²) >= 11 is 0. The van der Waals surface area contributed by atoms with Gasteiger partial charge in [0.05, 0.1) is 12.6 Å². The normalized spacial score (nSPS) is 22.1. The van der Waals surface area contributed by atoms with Crippen LogP contribution in [0.15, 0.2) is 0 Å². The fourth-order valence-electron chi connectivity index (χ4n) is 2.48. The fourth-order valence-corrected chi connectivity index (χ4v) is 2.48. The lowest BCUT2D eigenvalue weighted by Crippen LogP contribution is -2.48. The topological polar surface area (TPSA) is 67.6 Å². The minimum Gasteiger partial charge on any atom is -0.383 e. The molecular weight excluding hydrogens is 278 g/mol. The number of nitrogens with one attached hydrogen (secondary N) is 1. The molecule has 3 N–H and O–H groups in total. The van der Waals surface area contributed by atoms with Crippen LogP contribution in [0, 0.1) is 5.92 Å². The molecule has 5 nitrogen and oxygen atoms in total. The second-order valence-electron chi connectivity index (χ2n) is 5.48. The van der Waals surface area contributed by atoms with Gasteiger partial charge in [0.15, 0.2) is 0 Å². The van der Waals surface area contributed by atoms with E-state index in [9.17, 15) is 4.79 Å². The number of methoxy groups -OCH3 is 1. The number of amides is 1. The summed E-state index contributed by atoms with van der Waals surface area (Å²) in [6.07, 6.45) is 3.27. The van der Waals surface area contributed by atoms with Crippen molar-refractivity contribution in [1.29, 1.82) is 0 Å². The molecule has 1 fully saturated rings. The molecule has 0 aliphatic carbocycles. The molecule has 0 aromatic rings. The molecule has 0 radical (unpaired) electrons. The van der Waals surface area contributed by atoms with Crippen LogP contribution in [0.25, 0.3) is 0 Å². The highest BCUT2D eigenvalue weighted by atomic mass is 35.5. The van der Waals surface area contributed by atoms with Gasteiger partial charge in [0, 0.05) is 26.2 Å². The van der Waals surface area contributed by atoms with Crippen molar-refractivity contribution in [1.82, 2.24) is 10.2 Å². The average molecular weight is 308 g/mol. The fraction of sp³-hybridized carbons (Fsp3) is 0.929. The Balaban J connectivity index is 0.00000361. The Labute approximate surface area is 129 Å². The first-order valence-electron chi connectivity index (χ1n) is 7.36. The van der Waals surface area contributed by atoms with Crippen molar-refractivity contribution in [2.75, 3.05) is 33.4 Å². The highest BCUT2D eigenvalue weighted by Gasteiger charge is 2.26. The van der Waals surface area contributed by atoms with Crippen LogP contribution in [0.1, 0.15) is 33.1 Å². The van der Waals surface area contributed by atoms with Gasteiger partial charge < -0.3 is 15.8 Å². The summed E-state index contributed by atoms with van der Waals surface area (Å²) in [6.45, 7) is 7.56. The summed E-state index contributed by atoms with van der Waals surface area (Å²) in [6, 6.07) is 0.0436. The third kappa shape index (κ3) is 5.95. The van der Waals surface area contributed by atoms with E-state index in [0.717, 1.165) is 32.5 Å². The first kappa shape index (κ1) is 19.6. The maximum Gasteiger partial charge on any atom is 0.237 e. The van der Waals surface area contributed by atoms with Crippen LogP contribution in [0.5, 0.6) is 0 Å². The Morgan fingerprint density at radius 1 is 1.55 bits per heavy atom. The van der Waals surface area contributed by atoms with Gasteiger partial charge >= 0.3 is 0 Å². The Morgan fingerprint density at radius 2 is 2.25 bits per heavy atom. The highest BCUT2D eigenvalue weighted by Crippen LogP contribution is 2.16. The summed E-state index contributed by atoms with van der Waals surface area (Å²) in [4.78, 5) is 14.3. The number of nitrogens with two attached hydrogens (primary N) is 1. The number of carbonyl (C=O) groups excluding carboxylic acids is 1. The number of ether oxygens (including phenoxy) is 1. The standard InChI is InChI=1S/C14H29N3O2.ClH/c1-4-11(2)13(15)14(18)16-10-12-6-5-7-17(12)8-9-19-3;/h11-13H,4-10,15H2,1-3H3,(H,16,18);1H. The lowest BCUT2D eigenvalue weighted by atomic mass is 9.99. The largest absolute Gasteiger partial charge is 0.383 e. The Kier molecular flexibility index (Phi) is 10.2. The molecule has 1 rings (SSSR count). The molecule has 3 unspecified atom stereocenters. The third-order valence-electron chi connectivity index (χ3n) is 4.15. The number of hydrogen-bond donors (Lipinski definition) is 2. The van der Waals surface area contributed by atoms with E-state index in [2.05, 4.69) is 17.1 Å². The van der Waals surface area contributed by atoms with Crippen LogP contribution in [-0.2, 0) is 9.53 Å². The Morgan fingerprint density at radius 3 is 2.85 bits per heavy atom. The van der Waals surface area contributed by atoms with Crippen molar-refractivity contribution < 1.29 is 9.53 Å². The van der Waals surface area contributed by atoms with Crippen molar-refractivity contribution in [3.63, 3.8) is 0 Å². The van der Waals surface area contributed by atoms with Crippen LogP contribution in [0.2, 0.25) is 0 Å². The van der Waals surface area contributed by atoms with Gasteiger partial charge in [-0.1, -0.05) is 20.3 Å². The van der Waals surface area contributed by atoms with Crippen molar-refractivity contribution in [2.45, 2.75) is 45.2 Å². The molecule has 120 valence electrons. The van der Waals surface area contributed by atoms with E-state index in [4.69, 9.17) is 10.5 Å². The van der Waals surface area contributed by atoms with E-state index in [1.807, 2.05) is 6.92 Å². The van der Waals surface area contributed by atoms with E-state index in [0.29, 0.717) is 12.6 Å². The van der Waals surface area contributed by atoms with Crippen LogP contribution < -0.4 is 11.1 Å². The maximum atomic E-state index is 11.9. The zero-order valence-corrected chi connectivity index (χ0v) is 13.7. The number of hydrogen-bond acceptors (Lipinski definition) is 4. The van der Waals surface area contributed by atoms with Gasteiger partial charge in [-0.15, -0.1) is 12.4 Å². The van der Waals surface area contributed by atoms with E-state index < -0.39 is 0 Å².